The Morgan fingerprint density at radius 2 is 2.32 bits per heavy atom. The zero-order valence-electron chi connectivity index (χ0n) is 11.6. The maximum absolute atomic E-state index is 12.2. The van der Waals surface area contributed by atoms with Crippen molar-refractivity contribution >= 4 is 5.91 Å². The number of hydrogen-bond acceptors (Lipinski definition) is 3. The molecule has 1 aromatic carbocycles. The largest absolute Gasteiger partial charge is 0.508 e. The lowest BCUT2D eigenvalue weighted by Crippen LogP contribution is -2.47. The van der Waals surface area contributed by atoms with Crippen LogP contribution in [0, 0.1) is 6.92 Å². The summed E-state index contributed by atoms with van der Waals surface area (Å²) >= 11 is 0. The fourth-order valence-corrected chi connectivity index (χ4v) is 2.53. The minimum Gasteiger partial charge on any atom is -0.508 e. The van der Waals surface area contributed by atoms with E-state index in [9.17, 15) is 9.90 Å². The zero-order valence-corrected chi connectivity index (χ0v) is 11.6. The summed E-state index contributed by atoms with van der Waals surface area (Å²) in [6.45, 7) is 7.03. The van der Waals surface area contributed by atoms with Gasteiger partial charge in [0, 0.05) is 18.2 Å². The van der Waals surface area contributed by atoms with Gasteiger partial charge >= 0.3 is 0 Å². The van der Waals surface area contributed by atoms with Crippen LogP contribution < -0.4 is 5.32 Å². The van der Waals surface area contributed by atoms with Gasteiger partial charge in [-0.1, -0.05) is 6.92 Å². The molecule has 1 aliphatic rings. The summed E-state index contributed by atoms with van der Waals surface area (Å²) in [6.07, 6.45) is 2.17. The molecule has 0 radical (unpaired) electrons. The SMILES string of the molecule is CCN1CCCC(NC(=O)c2ccc(O)c(C)c2)C1. The second kappa shape index (κ2) is 6.06. The van der Waals surface area contributed by atoms with Crippen molar-refractivity contribution in [3.8, 4) is 5.75 Å². The number of benzene rings is 1. The molecule has 1 aromatic rings. The van der Waals surface area contributed by atoms with Crippen molar-refractivity contribution in [3.05, 3.63) is 29.3 Å². The quantitative estimate of drug-likeness (QED) is 0.875. The van der Waals surface area contributed by atoms with Crippen molar-refractivity contribution in [1.29, 1.82) is 0 Å². The number of aryl methyl sites for hydroxylation is 1. The van der Waals surface area contributed by atoms with E-state index in [1.54, 1.807) is 25.1 Å². The average Bonchev–Trinajstić information content (AvgIpc) is 2.42. The Labute approximate surface area is 114 Å². The van der Waals surface area contributed by atoms with E-state index in [1.165, 1.54) is 0 Å². The fourth-order valence-electron chi connectivity index (χ4n) is 2.53. The molecule has 0 spiro atoms. The summed E-state index contributed by atoms with van der Waals surface area (Å²) < 4.78 is 0. The van der Waals surface area contributed by atoms with Crippen molar-refractivity contribution < 1.29 is 9.90 Å². The van der Waals surface area contributed by atoms with Gasteiger partial charge in [-0.05, 0) is 56.6 Å². The Morgan fingerprint density at radius 1 is 1.53 bits per heavy atom. The minimum atomic E-state index is -0.0500. The van der Waals surface area contributed by atoms with Crippen LogP contribution in [0.25, 0.3) is 0 Å². The number of carbonyl (C=O) groups excluding carboxylic acids is 1. The van der Waals surface area contributed by atoms with Gasteiger partial charge in [-0.3, -0.25) is 4.79 Å². The molecule has 1 aliphatic heterocycles. The number of hydrogen-bond donors (Lipinski definition) is 2. The number of aromatic hydroxyl groups is 1. The first-order valence-electron chi connectivity index (χ1n) is 6.93. The maximum Gasteiger partial charge on any atom is 0.251 e. The second-order valence-electron chi connectivity index (χ2n) is 5.21. The third kappa shape index (κ3) is 3.47. The molecule has 1 heterocycles. The van der Waals surface area contributed by atoms with Crippen LogP contribution in [0.15, 0.2) is 18.2 Å². The van der Waals surface area contributed by atoms with Crippen molar-refractivity contribution in [1.82, 2.24) is 10.2 Å². The van der Waals surface area contributed by atoms with Gasteiger partial charge in [-0.2, -0.15) is 0 Å². The van der Waals surface area contributed by atoms with Crippen LogP contribution >= 0.6 is 0 Å². The number of nitrogens with zero attached hydrogens (tertiary/aromatic N) is 1. The molecule has 104 valence electrons. The number of phenols is 1. The Kier molecular flexibility index (Phi) is 4.43. The third-order valence-corrected chi connectivity index (χ3v) is 3.75. The monoisotopic (exact) mass is 262 g/mol. The molecular weight excluding hydrogens is 240 g/mol. The number of amides is 1. The molecule has 2 N–H and O–H groups in total. The Bertz CT molecular complexity index is 459. The van der Waals surface area contributed by atoms with E-state index in [-0.39, 0.29) is 17.7 Å². The van der Waals surface area contributed by atoms with Crippen molar-refractivity contribution in [2.75, 3.05) is 19.6 Å². The number of carbonyl (C=O) groups is 1. The Morgan fingerprint density at radius 3 is 3.00 bits per heavy atom. The van der Waals surface area contributed by atoms with E-state index in [2.05, 4.69) is 17.1 Å². The van der Waals surface area contributed by atoms with Crippen molar-refractivity contribution in [2.45, 2.75) is 32.7 Å². The van der Waals surface area contributed by atoms with Gasteiger partial charge in [0.05, 0.1) is 0 Å². The molecule has 0 aliphatic carbocycles. The molecule has 1 fully saturated rings. The molecule has 0 saturated carbocycles. The molecule has 0 bridgehead atoms. The van der Waals surface area contributed by atoms with Gasteiger partial charge in [-0.25, -0.2) is 0 Å². The molecule has 2 rings (SSSR count). The van der Waals surface area contributed by atoms with Crippen LogP contribution in [-0.4, -0.2) is 41.6 Å². The van der Waals surface area contributed by atoms with Crippen LogP contribution in [0.4, 0.5) is 0 Å². The second-order valence-corrected chi connectivity index (χ2v) is 5.21. The van der Waals surface area contributed by atoms with E-state index >= 15 is 0 Å². The first-order valence-corrected chi connectivity index (χ1v) is 6.93. The van der Waals surface area contributed by atoms with E-state index in [0.717, 1.165) is 38.0 Å². The van der Waals surface area contributed by atoms with Crippen LogP contribution in [0.3, 0.4) is 0 Å². The van der Waals surface area contributed by atoms with Crippen LogP contribution in [0.1, 0.15) is 35.7 Å². The normalized spacial score (nSPS) is 20.2. The average molecular weight is 262 g/mol. The van der Waals surface area contributed by atoms with Crippen LogP contribution in [-0.2, 0) is 0 Å². The van der Waals surface area contributed by atoms with Gasteiger partial charge < -0.3 is 15.3 Å². The smallest absolute Gasteiger partial charge is 0.251 e. The number of nitrogens with one attached hydrogen (secondary N) is 1. The standard InChI is InChI=1S/C15H22N2O2/c1-3-17-8-4-5-13(10-17)16-15(19)12-6-7-14(18)11(2)9-12/h6-7,9,13,18H,3-5,8,10H2,1-2H3,(H,16,19). The summed E-state index contributed by atoms with van der Waals surface area (Å²) in [6, 6.07) is 5.20. The number of likely N-dealkylation sites (tertiary alicyclic amines) is 1. The first-order chi connectivity index (χ1) is 9.10. The molecule has 1 saturated heterocycles. The van der Waals surface area contributed by atoms with E-state index < -0.39 is 0 Å². The molecule has 4 heteroatoms. The highest BCUT2D eigenvalue weighted by atomic mass is 16.3. The molecule has 19 heavy (non-hydrogen) atoms. The Balaban J connectivity index is 1.98. The predicted octanol–water partition coefficient (Wildman–Crippen LogP) is 1.91. The first kappa shape index (κ1) is 13.9. The van der Waals surface area contributed by atoms with E-state index in [4.69, 9.17) is 0 Å². The van der Waals surface area contributed by atoms with Crippen LogP contribution in [0.2, 0.25) is 0 Å². The van der Waals surface area contributed by atoms with Crippen LogP contribution in [0.5, 0.6) is 5.75 Å². The lowest BCUT2D eigenvalue weighted by molar-refractivity contribution is 0.0906. The molecule has 4 nitrogen and oxygen atoms in total. The zero-order chi connectivity index (χ0) is 13.8. The van der Waals surface area contributed by atoms with Gasteiger partial charge in [0.25, 0.3) is 5.91 Å². The topological polar surface area (TPSA) is 52.6 Å². The summed E-state index contributed by atoms with van der Waals surface area (Å²) in [5.41, 5.74) is 1.34. The maximum atomic E-state index is 12.2. The van der Waals surface area contributed by atoms with Gasteiger partial charge in [0.1, 0.15) is 5.75 Å². The van der Waals surface area contributed by atoms with E-state index in [1.807, 2.05) is 0 Å². The minimum absolute atomic E-state index is 0.0500. The van der Waals surface area contributed by atoms with Gasteiger partial charge in [0.15, 0.2) is 0 Å². The third-order valence-electron chi connectivity index (χ3n) is 3.75. The van der Waals surface area contributed by atoms with Crippen molar-refractivity contribution in [2.24, 2.45) is 0 Å². The van der Waals surface area contributed by atoms with Gasteiger partial charge in [0.2, 0.25) is 0 Å². The highest BCUT2D eigenvalue weighted by Crippen LogP contribution is 2.17. The molecular formula is C15H22N2O2. The molecule has 1 atom stereocenters. The highest BCUT2D eigenvalue weighted by molar-refractivity contribution is 5.94. The number of piperidine rings is 1. The lowest BCUT2D eigenvalue weighted by atomic mass is 10.0. The molecule has 1 amide bonds. The number of phenolic OH excluding ortho intramolecular Hbond substituents is 1. The Hall–Kier alpha value is -1.55. The van der Waals surface area contributed by atoms with Crippen molar-refractivity contribution in [3.63, 3.8) is 0 Å². The fraction of sp³-hybridized carbons (Fsp3) is 0.533. The summed E-state index contributed by atoms with van der Waals surface area (Å²) in [5, 5.41) is 12.6. The summed E-state index contributed by atoms with van der Waals surface area (Å²) in [7, 11) is 0. The van der Waals surface area contributed by atoms with E-state index in [0.29, 0.717) is 5.56 Å². The summed E-state index contributed by atoms with van der Waals surface area (Å²) in [4.78, 5) is 14.5. The predicted molar refractivity (Wildman–Crippen MR) is 75.4 cm³/mol. The summed E-state index contributed by atoms with van der Waals surface area (Å²) in [5.74, 6) is 0.178. The number of rotatable bonds is 3. The van der Waals surface area contributed by atoms with Gasteiger partial charge in [-0.15, -0.1) is 0 Å². The molecule has 0 aromatic heterocycles. The lowest BCUT2D eigenvalue weighted by Gasteiger charge is -2.32. The number of likely N-dealkylation sites (N-methyl/N-ethyl adjacent to an activating group) is 1. The molecule has 1 unspecified atom stereocenters. The highest BCUT2D eigenvalue weighted by Gasteiger charge is 2.20.